The third kappa shape index (κ3) is 3.66. The van der Waals surface area contributed by atoms with Gasteiger partial charge in [-0.05, 0) is 86.3 Å². The van der Waals surface area contributed by atoms with Crippen LogP contribution < -0.4 is 15.8 Å². The van der Waals surface area contributed by atoms with Gasteiger partial charge in [0.15, 0.2) is 0 Å². The smallest absolute Gasteiger partial charge is 0.267 e. The number of rotatable bonds is 4. The molecular formula is C30H30ClN5OS. The van der Waals surface area contributed by atoms with Crippen LogP contribution in [0.2, 0.25) is 5.02 Å². The lowest BCUT2D eigenvalue weighted by Gasteiger charge is -2.41. The second kappa shape index (κ2) is 8.38. The number of halogens is 1. The summed E-state index contributed by atoms with van der Waals surface area (Å²) in [6, 6.07) is 10.8. The van der Waals surface area contributed by atoms with Crippen LogP contribution in [0.1, 0.15) is 54.0 Å². The van der Waals surface area contributed by atoms with Gasteiger partial charge in [0.2, 0.25) is 0 Å². The van der Waals surface area contributed by atoms with Crippen molar-refractivity contribution in [2.45, 2.75) is 63.1 Å². The fourth-order valence-electron chi connectivity index (χ4n) is 7.14. The van der Waals surface area contributed by atoms with Crippen LogP contribution in [0, 0.1) is 12.8 Å². The number of fused-ring (bicyclic) bond motifs is 4. The minimum absolute atomic E-state index is 0.0800. The van der Waals surface area contributed by atoms with Crippen molar-refractivity contribution in [3.05, 3.63) is 74.1 Å². The number of aromatic nitrogens is 3. The SMILES string of the molecule is Cc1cnn(Cc2cc3nccc(-c4cc(Cl)cc5c4N([C@@H]4CNC6(CCC6)C4)C[C@H]4C[C@@H]54)c3s2)c(=O)c1. The van der Waals surface area contributed by atoms with Gasteiger partial charge in [0, 0.05) is 63.6 Å². The molecule has 2 aliphatic heterocycles. The molecule has 8 heteroatoms. The molecule has 1 aromatic carbocycles. The summed E-state index contributed by atoms with van der Waals surface area (Å²) in [4.78, 5) is 21.0. The van der Waals surface area contributed by atoms with Crippen LogP contribution in [0.25, 0.3) is 21.3 Å². The van der Waals surface area contributed by atoms with Crippen molar-refractivity contribution in [3.8, 4) is 11.1 Å². The van der Waals surface area contributed by atoms with Crippen molar-refractivity contribution >= 4 is 38.8 Å². The molecule has 6 nitrogen and oxygen atoms in total. The summed E-state index contributed by atoms with van der Waals surface area (Å²) in [5.74, 6) is 1.37. The molecule has 2 saturated carbocycles. The Morgan fingerprint density at radius 1 is 1.21 bits per heavy atom. The molecule has 4 aromatic rings. The number of thiophene rings is 1. The van der Waals surface area contributed by atoms with Gasteiger partial charge in [0.05, 0.1) is 23.0 Å². The summed E-state index contributed by atoms with van der Waals surface area (Å²) < 4.78 is 2.67. The zero-order valence-electron chi connectivity index (χ0n) is 21.4. The maximum absolute atomic E-state index is 12.5. The van der Waals surface area contributed by atoms with Crippen LogP contribution in [0.3, 0.4) is 0 Å². The quantitative estimate of drug-likeness (QED) is 0.356. The van der Waals surface area contributed by atoms with Crippen molar-refractivity contribution in [1.29, 1.82) is 0 Å². The minimum atomic E-state index is -0.0800. The van der Waals surface area contributed by atoms with Gasteiger partial charge in [-0.3, -0.25) is 9.78 Å². The number of nitrogens with one attached hydrogen (secondary N) is 1. The minimum Gasteiger partial charge on any atom is -0.366 e. The highest BCUT2D eigenvalue weighted by Gasteiger charge is 2.51. The van der Waals surface area contributed by atoms with E-state index in [2.05, 4.69) is 39.6 Å². The van der Waals surface area contributed by atoms with Crippen molar-refractivity contribution in [3.63, 3.8) is 0 Å². The highest BCUT2D eigenvalue weighted by atomic mass is 35.5. The molecule has 1 spiro atoms. The van der Waals surface area contributed by atoms with E-state index in [4.69, 9.17) is 16.6 Å². The van der Waals surface area contributed by atoms with Gasteiger partial charge in [-0.1, -0.05) is 11.6 Å². The lowest BCUT2D eigenvalue weighted by Crippen LogP contribution is -2.46. The first-order valence-electron chi connectivity index (χ1n) is 13.7. The molecule has 38 heavy (non-hydrogen) atoms. The number of hydrogen-bond acceptors (Lipinski definition) is 6. The molecule has 0 amide bonds. The lowest BCUT2D eigenvalue weighted by atomic mass is 9.75. The van der Waals surface area contributed by atoms with Crippen molar-refractivity contribution in [2.24, 2.45) is 5.92 Å². The first-order valence-corrected chi connectivity index (χ1v) is 14.9. The highest BCUT2D eigenvalue weighted by Crippen LogP contribution is 2.59. The van der Waals surface area contributed by atoms with Gasteiger partial charge in [-0.15, -0.1) is 11.3 Å². The molecule has 4 aliphatic rings. The van der Waals surface area contributed by atoms with E-state index in [-0.39, 0.29) is 5.56 Å². The van der Waals surface area contributed by atoms with Crippen LogP contribution >= 0.6 is 22.9 Å². The van der Waals surface area contributed by atoms with Crippen LogP contribution in [0.15, 0.2) is 47.5 Å². The summed E-state index contributed by atoms with van der Waals surface area (Å²) in [6.07, 6.45) is 10.1. The lowest BCUT2D eigenvalue weighted by molar-refractivity contribution is 0.214. The van der Waals surface area contributed by atoms with Gasteiger partial charge in [-0.25, -0.2) is 4.68 Å². The summed E-state index contributed by atoms with van der Waals surface area (Å²) >= 11 is 8.51. The molecular weight excluding hydrogens is 514 g/mol. The number of benzene rings is 1. The Morgan fingerprint density at radius 2 is 2.11 bits per heavy atom. The van der Waals surface area contributed by atoms with Gasteiger partial charge < -0.3 is 10.2 Å². The van der Waals surface area contributed by atoms with Gasteiger partial charge >= 0.3 is 0 Å². The van der Waals surface area contributed by atoms with Crippen LogP contribution in [-0.4, -0.2) is 39.4 Å². The second-order valence-electron chi connectivity index (χ2n) is 11.8. The fourth-order valence-corrected chi connectivity index (χ4v) is 8.49. The van der Waals surface area contributed by atoms with Crippen molar-refractivity contribution in [2.75, 3.05) is 18.0 Å². The van der Waals surface area contributed by atoms with Crippen LogP contribution in [0.5, 0.6) is 0 Å². The summed E-state index contributed by atoms with van der Waals surface area (Å²) in [5.41, 5.74) is 7.34. The molecule has 0 radical (unpaired) electrons. The maximum atomic E-state index is 12.5. The van der Waals surface area contributed by atoms with Gasteiger partial charge in [-0.2, -0.15) is 5.10 Å². The van der Waals surface area contributed by atoms with Gasteiger partial charge in [0.1, 0.15) is 0 Å². The molecule has 8 rings (SSSR count). The van der Waals surface area contributed by atoms with Crippen LogP contribution in [-0.2, 0) is 6.54 Å². The van der Waals surface area contributed by atoms with E-state index < -0.39 is 0 Å². The number of aryl methyl sites for hydroxylation is 1. The molecule has 0 bridgehead atoms. The predicted octanol–water partition coefficient (Wildman–Crippen LogP) is 5.74. The zero-order chi connectivity index (χ0) is 25.6. The monoisotopic (exact) mass is 543 g/mol. The Morgan fingerprint density at radius 3 is 2.89 bits per heavy atom. The number of hydrogen-bond donors (Lipinski definition) is 1. The average molecular weight is 544 g/mol. The Kier molecular flexibility index (Phi) is 5.11. The molecule has 0 unspecified atom stereocenters. The molecule has 194 valence electrons. The van der Waals surface area contributed by atoms with E-state index in [1.807, 2.05) is 13.1 Å². The number of pyridine rings is 1. The zero-order valence-corrected chi connectivity index (χ0v) is 23.0. The average Bonchev–Trinajstić information content (AvgIpc) is 3.32. The molecule has 5 heterocycles. The van der Waals surface area contributed by atoms with Crippen molar-refractivity contribution < 1.29 is 0 Å². The Labute approximate surface area is 230 Å². The Bertz CT molecular complexity index is 1660. The van der Waals surface area contributed by atoms with Gasteiger partial charge in [0.25, 0.3) is 5.56 Å². The second-order valence-corrected chi connectivity index (χ2v) is 13.4. The Balaban J connectivity index is 1.23. The third-order valence-electron chi connectivity index (χ3n) is 9.30. The standard InChI is InChI=1S/C30H30ClN5OS/c1-17-7-27(37)36(34-13-17)16-21-11-26-29(38-21)22(3-6-32-26)24-9-19(31)10-25-23-8-18(23)15-35(28(24)25)20-12-30(33-14-20)4-2-5-30/h3,6-7,9-11,13,18,20,23,33H,2,4-5,8,12,14-16H2,1H3/t18-,20+,23-/m1/s1. The topological polar surface area (TPSA) is 63.1 Å². The fraction of sp³-hybridized carbons (Fsp3) is 0.433. The first kappa shape index (κ1) is 23.2. The first-order chi connectivity index (χ1) is 18.5. The highest BCUT2D eigenvalue weighted by molar-refractivity contribution is 7.19. The number of anilines is 1. The maximum Gasteiger partial charge on any atom is 0.267 e. The largest absolute Gasteiger partial charge is 0.366 e. The van der Waals surface area contributed by atoms with E-state index in [0.29, 0.717) is 24.0 Å². The molecule has 3 aromatic heterocycles. The molecule has 3 atom stereocenters. The predicted molar refractivity (Wildman–Crippen MR) is 154 cm³/mol. The molecule has 1 N–H and O–H groups in total. The van der Waals surface area contributed by atoms with E-state index in [9.17, 15) is 4.79 Å². The van der Waals surface area contributed by atoms with E-state index in [0.717, 1.165) is 44.7 Å². The molecule has 2 aliphatic carbocycles. The van der Waals surface area contributed by atoms with E-state index >= 15 is 0 Å². The molecule has 3 fully saturated rings. The van der Waals surface area contributed by atoms with E-state index in [1.165, 1.54) is 59.2 Å². The third-order valence-corrected chi connectivity index (χ3v) is 10.7. The normalized spacial score (nSPS) is 24.9. The summed E-state index contributed by atoms with van der Waals surface area (Å²) in [5, 5.41) is 9.05. The molecule has 1 saturated heterocycles. The van der Waals surface area contributed by atoms with Crippen molar-refractivity contribution in [1.82, 2.24) is 20.1 Å². The van der Waals surface area contributed by atoms with Crippen LogP contribution in [0.4, 0.5) is 5.69 Å². The Hall–Kier alpha value is -2.74. The summed E-state index contributed by atoms with van der Waals surface area (Å²) in [6.45, 7) is 4.53. The summed E-state index contributed by atoms with van der Waals surface area (Å²) in [7, 11) is 0. The van der Waals surface area contributed by atoms with E-state index in [1.54, 1.807) is 23.6 Å². The number of nitrogens with zero attached hydrogens (tertiary/aromatic N) is 4.